The Hall–Kier alpha value is -2.97. The van der Waals surface area contributed by atoms with Gasteiger partial charge in [0.25, 0.3) is 0 Å². The molecule has 1 N–H and O–H groups in total. The van der Waals surface area contributed by atoms with Crippen molar-refractivity contribution in [1.82, 2.24) is 30.4 Å². The summed E-state index contributed by atoms with van der Waals surface area (Å²) in [5.41, 5.74) is 0.502. The number of likely N-dealkylation sites (tertiary alicyclic amines) is 1. The summed E-state index contributed by atoms with van der Waals surface area (Å²) in [6, 6.07) is 7.59. The fraction of sp³-hybridized carbons (Fsp3) is 0.526. The second-order valence-corrected chi connectivity index (χ2v) is 7.38. The first-order valence-electron chi connectivity index (χ1n) is 9.64. The number of carbonyl (C=O) groups is 2. The summed E-state index contributed by atoms with van der Waals surface area (Å²) in [5.74, 6) is 0.781. The molecular weight excluding hydrogens is 360 g/mol. The van der Waals surface area contributed by atoms with E-state index >= 15 is 0 Å². The number of fused-ring (bicyclic) bond motifs is 1. The molecule has 28 heavy (non-hydrogen) atoms. The molecule has 2 aromatic rings. The highest BCUT2D eigenvalue weighted by Gasteiger charge is 2.43. The normalized spacial score (nSPS) is 24.4. The standard InChI is InChI=1S/C19H24N6O3/c1-2-24-10-9-19(8-7-18(24)27)11-15(14-5-3-4-6-16(14)28-19)21-17(26)12-25-13-20-22-23-25/h3-6,13,15H,2,7-12H2,1H3,(H,21,26)/t15-,19-/m1/s1. The first kappa shape index (κ1) is 18.4. The second kappa shape index (κ2) is 7.57. The molecule has 0 radical (unpaired) electrons. The van der Waals surface area contributed by atoms with Crippen LogP contribution in [0.5, 0.6) is 5.75 Å². The highest BCUT2D eigenvalue weighted by molar-refractivity contribution is 5.77. The monoisotopic (exact) mass is 384 g/mol. The molecular formula is C19H24N6O3. The Morgan fingerprint density at radius 2 is 2.21 bits per heavy atom. The summed E-state index contributed by atoms with van der Waals surface area (Å²) in [5, 5.41) is 14.0. The van der Waals surface area contributed by atoms with Gasteiger partial charge in [-0.2, -0.15) is 0 Å². The molecule has 9 nitrogen and oxygen atoms in total. The van der Waals surface area contributed by atoms with Gasteiger partial charge < -0.3 is 15.0 Å². The minimum Gasteiger partial charge on any atom is -0.487 e. The van der Waals surface area contributed by atoms with E-state index in [2.05, 4.69) is 20.8 Å². The number of benzene rings is 1. The van der Waals surface area contributed by atoms with Crippen LogP contribution in [-0.2, 0) is 16.1 Å². The molecule has 2 aliphatic rings. The van der Waals surface area contributed by atoms with Crippen LogP contribution in [0.1, 0.15) is 44.2 Å². The quantitative estimate of drug-likeness (QED) is 0.846. The molecule has 0 aliphatic carbocycles. The van der Waals surface area contributed by atoms with E-state index in [4.69, 9.17) is 4.74 Å². The maximum Gasteiger partial charge on any atom is 0.242 e. The number of para-hydroxylation sites is 1. The van der Waals surface area contributed by atoms with Gasteiger partial charge in [-0.3, -0.25) is 9.59 Å². The zero-order chi connectivity index (χ0) is 19.6. The molecule has 3 heterocycles. The first-order valence-corrected chi connectivity index (χ1v) is 9.64. The number of nitrogens with zero attached hydrogens (tertiary/aromatic N) is 5. The summed E-state index contributed by atoms with van der Waals surface area (Å²) in [6.07, 6.45) is 3.91. The van der Waals surface area contributed by atoms with Crippen molar-refractivity contribution in [3.63, 3.8) is 0 Å². The van der Waals surface area contributed by atoms with Crippen molar-refractivity contribution >= 4 is 11.8 Å². The molecule has 0 saturated carbocycles. The predicted molar refractivity (Wildman–Crippen MR) is 99.2 cm³/mol. The smallest absolute Gasteiger partial charge is 0.242 e. The zero-order valence-electron chi connectivity index (χ0n) is 15.9. The molecule has 0 bridgehead atoms. The van der Waals surface area contributed by atoms with Gasteiger partial charge in [0, 0.05) is 37.9 Å². The maximum absolute atomic E-state index is 12.5. The molecule has 2 amide bonds. The average Bonchev–Trinajstić information content (AvgIpc) is 3.14. The lowest BCUT2D eigenvalue weighted by Crippen LogP contribution is -2.46. The van der Waals surface area contributed by atoms with Crippen molar-refractivity contribution in [1.29, 1.82) is 0 Å². The van der Waals surface area contributed by atoms with E-state index in [9.17, 15) is 9.59 Å². The van der Waals surface area contributed by atoms with Crippen LogP contribution >= 0.6 is 0 Å². The molecule has 9 heteroatoms. The number of hydrogen-bond acceptors (Lipinski definition) is 6. The Kier molecular flexibility index (Phi) is 4.97. The lowest BCUT2D eigenvalue weighted by molar-refractivity contribution is -0.130. The molecule has 1 spiro atoms. The van der Waals surface area contributed by atoms with Gasteiger partial charge in [0.05, 0.1) is 6.04 Å². The van der Waals surface area contributed by atoms with Crippen LogP contribution in [0, 0.1) is 0 Å². The summed E-state index contributed by atoms with van der Waals surface area (Å²) in [4.78, 5) is 26.8. The lowest BCUT2D eigenvalue weighted by Gasteiger charge is -2.42. The van der Waals surface area contributed by atoms with Gasteiger partial charge in [0.15, 0.2) is 0 Å². The Bertz CT molecular complexity index is 855. The molecule has 148 valence electrons. The third-order valence-electron chi connectivity index (χ3n) is 5.60. The fourth-order valence-electron chi connectivity index (χ4n) is 4.11. The second-order valence-electron chi connectivity index (χ2n) is 7.38. The Labute approximate surface area is 163 Å². The zero-order valence-corrected chi connectivity index (χ0v) is 15.9. The van der Waals surface area contributed by atoms with Gasteiger partial charge in [-0.05, 0) is 29.8 Å². The Balaban J connectivity index is 1.55. The number of hydrogen-bond donors (Lipinski definition) is 1. The molecule has 1 aromatic carbocycles. The van der Waals surface area contributed by atoms with Gasteiger partial charge in [0.1, 0.15) is 24.2 Å². The predicted octanol–water partition coefficient (Wildman–Crippen LogP) is 1.08. The number of nitrogens with one attached hydrogen (secondary N) is 1. The minimum atomic E-state index is -0.458. The summed E-state index contributed by atoms with van der Waals surface area (Å²) in [7, 11) is 0. The number of tetrazole rings is 1. The molecule has 1 aromatic heterocycles. The first-order chi connectivity index (χ1) is 13.6. The van der Waals surface area contributed by atoms with E-state index in [0.29, 0.717) is 32.4 Å². The van der Waals surface area contributed by atoms with Crippen molar-refractivity contribution in [3.8, 4) is 5.75 Å². The van der Waals surface area contributed by atoms with Crippen molar-refractivity contribution in [2.45, 2.75) is 50.8 Å². The number of aromatic nitrogens is 4. The van der Waals surface area contributed by atoms with Crippen LogP contribution in [0.2, 0.25) is 0 Å². The van der Waals surface area contributed by atoms with Crippen LogP contribution in [0.4, 0.5) is 0 Å². The molecule has 2 aliphatic heterocycles. The third-order valence-corrected chi connectivity index (χ3v) is 5.60. The largest absolute Gasteiger partial charge is 0.487 e. The van der Waals surface area contributed by atoms with Crippen molar-refractivity contribution in [3.05, 3.63) is 36.2 Å². The van der Waals surface area contributed by atoms with E-state index in [-0.39, 0.29) is 24.4 Å². The molecule has 1 saturated heterocycles. The molecule has 4 rings (SSSR count). The third kappa shape index (κ3) is 3.69. The van der Waals surface area contributed by atoms with E-state index in [1.807, 2.05) is 36.1 Å². The average molecular weight is 384 g/mol. The number of ether oxygens (including phenoxy) is 1. The Morgan fingerprint density at radius 3 is 3.00 bits per heavy atom. The SMILES string of the molecule is CCN1CC[C@]2(CCC1=O)C[C@@H](NC(=O)Cn1cnnn1)c1ccccc1O2. The van der Waals surface area contributed by atoms with E-state index in [1.54, 1.807) is 0 Å². The summed E-state index contributed by atoms with van der Waals surface area (Å²) >= 11 is 0. The van der Waals surface area contributed by atoms with E-state index in [1.165, 1.54) is 11.0 Å². The van der Waals surface area contributed by atoms with Crippen LogP contribution < -0.4 is 10.1 Å². The van der Waals surface area contributed by atoms with E-state index in [0.717, 1.165) is 17.7 Å². The van der Waals surface area contributed by atoms with Crippen LogP contribution in [0.3, 0.4) is 0 Å². The molecule has 0 unspecified atom stereocenters. The van der Waals surface area contributed by atoms with Crippen molar-refractivity contribution < 1.29 is 14.3 Å². The molecule has 1 fully saturated rings. The number of rotatable bonds is 4. The highest BCUT2D eigenvalue weighted by Crippen LogP contribution is 2.44. The van der Waals surface area contributed by atoms with Gasteiger partial charge in [-0.1, -0.05) is 18.2 Å². The van der Waals surface area contributed by atoms with Gasteiger partial charge in [-0.15, -0.1) is 5.10 Å². The van der Waals surface area contributed by atoms with Gasteiger partial charge in [0.2, 0.25) is 11.8 Å². The maximum atomic E-state index is 12.5. The number of carbonyl (C=O) groups excluding carboxylic acids is 2. The van der Waals surface area contributed by atoms with Crippen LogP contribution in [-0.4, -0.2) is 55.6 Å². The van der Waals surface area contributed by atoms with Crippen LogP contribution in [0.15, 0.2) is 30.6 Å². The van der Waals surface area contributed by atoms with Gasteiger partial charge in [-0.25, -0.2) is 4.68 Å². The van der Waals surface area contributed by atoms with Crippen molar-refractivity contribution in [2.24, 2.45) is 0 Å². The minimum absolute atomic E-state index is 0.0572. The fourth-order valence-corrected chi connectivity index (χ4v) is 4.11. The van der Waals surface area contributed by atoms with Crippen LogP contribution in [0.25, 0.3) is 0 Å². The summed E-state index contributed by atoms with van der Waals surface area (Å²) in [6.45, 7) is 3.43. The molecule has 2 atom stereocenters. The van der Waals surface area contributed by atoms with Gasteiger partial charge >= 0.3 is 0 Å². The Morgan fingerprint density at radius 1 is 1.36 bits per heavy atom. The van der Waals surface area contributed by atoms with Crippen molar-refractivity contribution in [2.75, 3.05) is 13.1 Å². The van der Waals surface area contributed by atoms with E-state index < -0.39 is 5.60 Å². The summed E-state index contributed by atoms with van der Waals surface area (Å²) < 4.78 is 7.82. The number of amides is 2. The lowest BCUT2D eigenvalue weighted by atomic mass is 9.82. The highest BCUT2D eigenvalue weighted by atomic mass is 16.5. The topological polar surface area (TPSA) is 102 Å².